The summed E-state index contributed by atoms with van der Waals surface area (Å²) in [4.78, 5) is 0. The molecule has 0 atom stereocenters. The van der Waals surface area contributed by atoms with Crippen molar-refractivity contribution in [1.29, 1.82) is 5.26 Å². The van der Waals surface area contributed by atoms with Crippen LogP contribution in [-0.4, -0.2) is 7.11 Å². The molecule has 0 fully saturated rings. The van der Waals surface area contributed by atoms with Gasteiger partial charge in [-0.1, -0.05) is 36.4 Å². The Bertz CT molecular complexity index is 642. The van der Waals surface area contributed by atoms with E-state index in [1.54, 1.807) is 12.1 Å². The van der Waals surface area contributed by atoms with Crippen molar-refractivity contribution in [2.45, 2.75) is 0 Å². The summed E-state index contributed by atoms with van der Waals surface area (Å²) >= 11 is 0. The van der Waals surface area contributed by atoms with E-state index in [4.69, 9.17) is 4.74 Å². The zero-order valence-corrected chi connectivity index (χ0v) is 10.4. The average Bonchev–Trinajstić information content (AvgIpc) is 2.46. The van der Waals surface area contributed by atoms with Gasteiger partial charge in [0.25, 0.3) is 0 Å². The van der Waals surface area contributed by atoms with Gasteiger partial charge in [-0.25, -0.2) is 4.39 Å². The van der Waals surface area contributed by atoms with Crippen molar-refractivity contribution in [2.24, 2.45) is 0 Å². The van der Waals surface area contributed by atoms with Crippen LogP contribution in [0, 0.1) is 17.1 Å². The largest absolute Gasteiger partial charge is 0.494 e. The Labute approximate surface area is 111 Å². The first-order valence-corrected chi connectivity index (χ1v) is 5.75. The summed E-state index contributed by atoms with van der Waals surface area (Å²) in [7, 11) is 1.40. The van der Waals surface area contributed by atoms with E-state index in [9.17, 15) is 9.65 Å². The number of hydrogen-bond donors (Lipinski definition) is 0. The molecule has 3 heteroatoms. The van der Waals surface area contributed by atoms with E-state index in [0.29, 0.717) is 11.1 Å². The van der Waals surface area contributed by atoms with Crippen molar-refractivity contribution in [3.63, 3.8) is 0 Å². The number of ether oxygens (including phenoxy) is 1. The molecule has 0 amide bonds. The minimum Gasteiger partial charge on any atom is -0.494 e. The summed E-state index contributed by atoms with van der Waals surface area (Å²) < 4.78 is 18.3. The minimum atomic E-state index is -0.441. The Kier molecular flexibility index (Phi) is 3.94. The molecule has 2 nitrogen and oxygen atoms in total. The van der Waals surface area contributed by atoms with Gasteiger partial charge in [-0.3, -0.25) is 0 Å². The highest BCUT2D eigenvalue weighted by molar-refractivity contribution is 5.89. The zero-order chi connectivity index (χ0) is 13.7. The van der Waals surface area contributed by atoms with E-state index < -0.39 is 5.82 Å². The molecule has 2 aromatic carbocycles. The maximum absolute atomic E-state index is 13.3. The Balaban J connectivity index is 2.44. The van der Waals surface area contributed by atoms with Crippen LogP contribution in [0.3, 0.4) is 0 Å². The Morgan fingerprint density at radius 1 is 1.21 bits per heavy atom. The lowest BCUT2D eigenvalue weighted by molar-refractivity contribution is 0.386. The van der Waals surface area contributed by atoms with E-state index >= 15 is 0 Å². The molecule has 0 saturated heterocycles. The van der Waals surface area contributed by atoms with Crippen molar-refractivity contribution in [3.8, 4) is 11.8 Å². The predicted molar refractivity (Wildman–Crippen MR) is 72.9 cm³/mol. The molecule has 0 N–H and O–H groups in total. The lowest BCUT2D eigenvalue weighted by Gasteiger charge is -2.05. The van der Waals surface area contributed by atoms with Gasteiger partial charge in [-0.05, 0) is 29.3 Å². The van der Waals surface area contributed by atoms with Crippen molar-refractivity contribution < 1.29 is 9.13 Å². The third-order valence-corrected chi connectivity index (χ3v) is 2.69. The van der Waals surface area contributed by atoms with Gasteiger partial charge >= 0.3 is 0 Å². The quantitative estimate of drug-likeness (QED) is 0.614. The number of allylic oxidation sites excluding steroid dienone is 1. The molecule has 0 bridgehead atoms. The van der Waals surface area contributed by atoms with Crippen LogP contribution in [0.25, 0.3) is 11.6 Å². The first kappa shape index (κ1) is 12.8. The second-order valence-corrected chi connectivity index (χ2v) is 3.93. The summed E-state index contributed by atoms with van der Waals surface area (Å²) in [6.07, 6.45) is 1.76. The van der Waals surface area contributed by atoms with Crippen LogP contribution < -0.4 is 4.74 Å². The summed E-state index contributed by atoms with van der Waals surface area (Å²) in [5, 5.41) is 9.22. The van der Waals surface area contributed by atoms with Crippen LogP contribution in [-0.2, 0) is 0 Å². The first-order valence-electron chi connectivity index (χ1n) is 5.75. The molecular weight excluding hydrogens is 241 g/mol. The Hall–Kier alpha value is -2.60. The molecule has 0 aromatic heterocycles. The predicted octanol–water partition coefficient (Wildman–Crippen LogP) is 3.90. The van der Waals surface area contributed by atoms with Crippen LogP contribution in [0.15, 0.2) is 48.5 Å². The molecule has 94 valence electrons. The maximum Gasteiger partial charge on any atom is 0.165 e. The van der Waals surface area contributed by atoms with Gasteiger partial charge in [0.2, 0.25) is 0 Å². The highest BCUT2D eigenvalue weighted by atomic mass is 19.1. The average molecular weight is 253 g/mol. The minimum absolute atomic E-state index is 0.131. The lowest BCUT2D eigenvalue weighted by atomic mass is 10.0. The standard InChI is InChI=1S/C16H12FNO/c1-19-16-10-13(7-8-15(16)17)14(11-18)9-12-5-3-2-4-6-12/h2-10H,1H3. The molecule has 0 saturated carbocycles. The molecule has 0 radical (unpaired) electrons. The molecule has 0 heterocycles. The first-order chi connectivity index (χ1) is 9.24. The van der Waals surface area contributed by atoms with Crippen molar-refractivity contribution >= 4 is 11.6 Å². The van der Waals surface area contributed by atoms with Crippen LogP contribution in [0.5, 0.6) is 5.75 Å². The fourth-order valence-electron chi connectivity index (χ4n) is 1.72. The van der Waals surface area contributed by atoms with Crippen molar-refractivity contribution in [3.05, 3.63) is 65.5 Å². The molecule has 0 aliphatic heterocycles. The van der Waals surface area contributed by atoms with E-state index in [-0.39, 0.29) is 5.75 Å². The van der Waals surface area contributed by atoms with Crippen molar-refractivity contribution in [1.82, 2.24) is 0 Å². The topological polar surface area (TPSA) is 33.0 Å². The van der Waals surface area contributed by atoms with Crippen LogP contribution >= 0.6 is 0 Å². The maximum atomic E-state index is 13.3. The smallest absolute Gasteiger partial charge is 0.165 e. The van der Waals surface area contributed by atoms with Gasteiger partial charge in [0.15, 0.2) is 11.6 Å². The number of methoxy groups -OCH3 is 1. The van der Waals surface area contributed by atoms with Gasteiger partial charge in [-0.2, -0.15) is 5.26 Å². The fourth-order valence-corrected chi connectivity index (χ4v) is 1.72. The summed E-state index contributed by atoms with van der Waals surface area (Å²) in [6, 6.07) is 16.0. The molecule has 0 unspecified atom stereocenters. The van der Waals surface area contributed by atoms with Crippen molar-refractivity contribution in [2.75, 3.05) is 7.11 Å². The fraction of sp³-hybridized carbons (Fsp3) is 0.0625. The van der Waals surface area contributed by atoms with Gasteiger partial charge in [0, 0.05) is 0 Å². The molecule has 0 aliphatic carbocycles. The molecule has 2 aromatic rings. The third-order valence-electron chi connectivity index (χ3n) is 2.69. The van der Waals surface area contributed by atoms with E-state index in [1.165, 1.54) is 19.2 Å². The number of hydrogen-bond acceptors (Lipinski definition) is 2. The zero-order valence-electron chi connectivity index (χ0n) is 10.4. The highest BCUT2D eigenvalue weighted by Crippen LogP contribution is 2.24. The van der Waals surface area contributed by atoms with Gasteiger partial charge in [-0.15, -0.1) is 0 Å². The molecule has 0 spiro atoms. The van der Waals surface area contributed by atoms with Crippen LogP contribution in [0.1, 0.15) is 11.1 Å². The second kappa shape index (κ2) is 5.83. The Morgan fingerprint density at radius 2 is 1.95 bits per heavy atom. The summed E-state index contributed by atoms with van der Waals surface area (Å²) in [6.45, 7) is 0. The number of halogens is 1. The monoisotopic (exact) mass is 253 g/mol. The van der Waals surface area contributed by atoms with E-state index in [0.717, 1.165) is 5.56 Å². The molecule has 0 aliphatic rings. The third kappa shape index (κ3) is 2.99. The van der Waals surface area contributed by atoms with E-state index in [2.05, 4.69) is 6.07 Å². The van der Waals surface area contributed by atoms with Gasteiger partial charge in [0.1, 0.15) is 0 Å². The summed E-state index contributed by atoms with van der Waals surface area (Å²) in [5.41, 5.74) is 2.01. The summed E-state index contributed by atoms with van der Waals surface area (Å²) in [5.74, 6) is -0.310. The van der Waals surface area contributed by atoms with E-state index in [1.807, 2.05) is 30.3 Å². The number of nitrogens with zero attached hydrogens (tertiary/aromatic N) is 1. The van der Waals surface area contributed by atoms with Crippen LogP contribution in [0.4, 0.5) is 4.39 Å². The normalized spacial score (nSPS) is 10.9. The van der Waals surface area contributed by atoms with Gasteiger partial charge in [0.05, 0.1) is 18.8 Å². The number of benzene rings is 2. The number of rotatable bonds is 3. The molecule has 2 rings (SSSR count). The second-order valence-electron chi connectivity index (χ2n) is 3.93. The molecular formula is C16H12FNO. The lowest BCUT2D eigenvalue weighted by Crippen LogP contribution is -1.90. The number of nitriles is 1. The SMILES string of the molecule is COc1cc(C(C#N)=Cc2ccccc2)ccc1F. The Morgan fingerprint density at radius 3 is 2.58 bits per heavy atom. The van der Waals surface area contributed by atoms with Gasteiger partial charge < -0.3 is 4.74 Å². The van der Waals surface area contributed by atoms with Crippen LogP contribution in [0.2, 0.25) is 0 Å². The molecule has 19 heavy (non-hydrogen) atoms. The highest BCUT2D eigenvalue weighted by Gasteiger charge is 2.07.